The standard InChI is InChI=1S/C28H28Cl2N4O3S/c1-2-4-26(36)34-17-15-33(16-18-34)20-9-7-19(8-10-20)31-28(38)32-25(35)14-12-21-11-13-24(37-21)22-5-3-6-23(29)27(22)30/h3,5-14H,2,4,15-18H2,1H3,(H2,31,32,35,38). The van der Waals surface area contributed by atoms with Gasteiger partial charge in [0.1, 0.15) is 11.5 Å². The molecule has 2 N–H and O–H groups in total. The fraction of sp³-hybridized carbons (Fsp3) is 0.250. The highest BCUT2D eigenvalue weighted by Gasteiger charge is 2.20. The predicted molar refractivity (Wildman–Crippen MR) is 158 cm³/mol. The number of hydrogen-bond donors (Lipinski definition) is 2. The molecule has 3 aromatic rings. The number of hydrogen-bond acceptors (Lipinski definition) is 5. The number of furan rings is 1. The van der Waals surface area contributed by atoms with Gasteiger partial charge in [-0.05, 0) is 73.2 Å². The molecule has 0 radical (unpaired) electrons. The van der Waals surface area contributed by atoms with E-state index in [4.69, 9.17) is 39.8 Å². The Morgan fingerprint density at radius 2 is 1.76 bits per heavy atom. The molecule has 0 atom stereocenters. The van der Waals surface area contributed by atoms with Crippen LogP contribution in [0.1, 0.15) is 25.5 Å². The summed E-state index contributed by atoms with van der Waals surface area (Å²) in [6, 6.07) is 16.6. The number of anilines is 2. The molecule has 1 aliphatic rings. The maximum absolute atomic E-state index is 12.3. The lowest BCUT2D eigenvalue weighted by atomic mass is 10.2. The minimum absolute atomic E-state index is 0.182. The lowest BCUT2D eigenvalue weighted by Gasteiger charge is -2.36. The van der Waals surface area contributed by atoms with Crippen LogP contribution in [-0.4, -0.2) is 48.0 Å². The Hall–Kier alpha value is -3.33. The summed E-state index contributed by atoms with van der Waals surface area (Å²) in [5, 5.41) is 6.66. The highest BCUT2D eigenvalue weighted by Crippen LogP contribution is 2.34. The maximum atomic E-state index is 12.3. The summed E-state index contributed by atoms with van der Waals surface area (Å²) in [6.07, 6.45) is 4.36. The number of thiocarbonyl (C=S) groups is 1. The number of carbonyl (C=O) groups is 2. The minimum Gasteiger partial charge on any atom is -0.457 e. The monoisotopic (exact) mass is 570 g/mol. The number of amides is 2. The second-order valence-corrected chi connectivity index (χ2v) is 9.94. The van der Waals surface area contributed by atoms with Crippen molar-refractivity contribution in [2.75, 3.05) is 36.4 Å². The summed E-state index contributed by atoms with van der Waals surface area (Å²) in [7, 11) is 0. The van der Waals surface area contributed by atoms with E-state index in [1.165, 1.54) is 6.08 Å². The minimum atomic E-state index is -0.395. The molecule has 2 heterocycles. The third-order valence-electron chi connectivity index (χ3n) is 6.07. The van der Waals surface area contributed by atoms with Gasteiger partial charge in [0.25, 0.3) is 0 Å². The molecule has 4 rings (SSSR count). The van der Waals surface area contributed by atoms with Crippen LogP contribution >= 0.6 is 35.4 Å². The van der Waals surface area contributed by atoms with Crippen molar-refractivity contribution >= 4 is 69.8 Å². The van der Waals surface area contributed by atoms with Crippen LogP contribution in [0.2, 0.25) is 10.0 Å². The molecule has 0 bridgehead atoms. The SMILES string of the molecule is CCCC(=O)N1CCN(c2ccc(NC(=S)NC(=O)C=Cc3ccc(-c4cccc(Cl)c4Cl)o3)cc2)CC1. The largest absolute Gasteiger partial charge is 0.457 e. The van der Waals surface area contributed by atoms with Crippen LogP contribution in [0.4, 0.5) is 11.4 Å². The van der Waals surface area contributed by atoms with Gasteiger partial charge in [0.15, 0.2) is 5.11 Å². The zero-order chi connectivity index (χ0) is 27.1. The van der Waals surface area contributed by atoms with Gasteiger partial charge in [-0.3, -0.25) is 14.9 Å². The van der Waals surface area contributed by atoms with Gasteiger partial charge in [-0.2, -0.15) is 0 Å². The van der Waals surface area contributed by atoms with Gasteiger partial charge >= 0.3 is 0 Å². The molecule has 0 aliphatic carbocycles. The van der Waals surface area contributed by atoms with Crippen LogP contribution in [-0.2, 0) is 9.59 Å². The lowest BCUT2D eigenvalue weighted by Crippen LogP contribution is -2.48. The summed E-state index contributed by atoms with van der Waals surface area (Å²) in [4.78, 5) is 28.6. The number of nitrogens with one attached hydrogen (secondary N) is 2. The van der Waals surface area contributed by atoms with Crippen molar-refractivity contribution in [3.05, 3.63) is 76.5 Å². The smallest absolute Gasteiger partial charge is 0.250 e. The van der Waals surface area contributed by atoms with Gasteiger partial charge in [0.2, 0.25) is 11.8 Å². The molecule has 0 saturated carbocycles. The first kappa shape index (κ1) is 27.7. The average Bonchev–Trinajstić information content (AvgIpc) is 3.38. The lowest BCUT2D eigenvalue weighted by molar-refractivity contribution is -0.131. The summed E-state index contributed by atoms with van der Waals surface area (Å²) in [5.74, 6) is 0.864. The molecule has 0 spiro atoms. The van der Waals surface area contributed by atoms with E-state index in [9.17, 15) is 9.59 Å². The number of carbonyl (C=O) groups excluding carboxylic acids is 2. The first-order chi connectivity index (χ1) is 18.3. The Bertz CT molecular complexity index is 1330. The van der Waals surface area contributed by atoms with E-state index < -0.39 is 5.91 Å². The third-order valence-corrected chi connectivity index (χ3v) is 7.09. The topological polar surface area (TPSA) is 77.8 Å². The van der Waals surface area contributed by atoms with Crippen LogP contribution < -0.4 is 15.5 Å². The van der Waals surface area contributed by atoms with Crippen LogP contribution in [0.15, 0.2) is 65.1 Å². The molecular formula is C28H28Cl2N4O3S. The molecule has 2 aromatic carbocycles. The fourth-order valence-electron chi connectivity index (χ4n) is 4.10. The highest BCUT2D eigenvalue weighted by atomic mass is 35.5. The molecule has 198 valence electrons. The Morgan fingerprint density at radius 3 is 2.47 bits per heavy atom. The molecule has 1 saturated heterocycles. The normalized spacial score (nSPS) is 13.6. The number of halogens is 2. The molecule has 2 amide bonds. The van der Waals surface area contributed by atoms with Crippen molar-refractivity contribution in [3.63, 3.8) is 0 Å². The Morgan fingerprint density at radius 1 is 1.03 bits per heavy atom. The number of piperazine rings is 1. The van der Waals surface area contributed by atoms with Crippen LogP contribution in [0.3, 0.4) is 0 Å². The van der Waals surface area contributed by atoms with Crippen molar-refractivity contribution in [1.82, 2.24) is 10.2 Å². The van der Waals surface area contributed by atoms with E-state index in [-0.39, 0.29) is 11.0 Å². The summed E-state index contributed by atoms with van der Waals surface area (Å²) >= 11 is 17.6. The second kappa shape index (κ2) is 13.0. The Labute approximate surface area is 237 Å². The van der Waals surface area contributed by atoms with E-state index in [1.54, 1.807) is 36.4 Å². The van der Waals surface area contributed by atoms with Gasteiger partial charge in [0.05, 0.1) is 10.0 Å². The summed E-state index contributed by atoms with van der Waals surface area (Å²) < 4.78 is 5.76. The van der Waals surface area contributed by atoms with Gasteiger partial charge in [0, 0.05) is 55.6 Å². The maximum Gasteiger partial charge on any atom is 0.250 e. The molecule has 10 heteroatoms. The number of nitrogens with zero attached hydrogens (tertiary/aromatic N) is 2. The number of rotatable bonds is 7. The van der Waals surface area contributed by atoms with Crippen LogP contribution in [0.5, 0.6) is 0 Å². The van der Waals surface area contributed by atoms with Crippen molar-refractivity contribution in [2.45, 2.75) is 19.8 Å². The van der Waals surface area contributed by atoms with Gasteiger partial charge in [-0.25, -0.2) is 0 Å². The molecule has 1 aliphatic heterocycles. The van der Waals surface area contributed by atoms with Crippen LogP contribution in [0.25, 0.3) is 17.4 Å². The quantitative estimate of drug-likeness (QED) is 0.259. The first-order valence-corrected chi connectivity index (χ1v) is 13.5. The zero-order valence-corrected chi connectivity index (χ0v) is 23.2. The van der Waals surface area contributed by atoms with Gasteiger partial charge in [-0.15, -0.1) is 0 Å². The molecule has 38 heavy (non-hydrogen) atoms. The zero-order valence-electron chi connectivity index (χ0n) is 20.9. The van der Waals surface area contributed by atoms with E-state index in [2.05, 4.69) is 15.5 Å². The molecule has 7 nitrogen and oxygen atoms in total. The fourth-order valence-corrected chi connectivity index (χ4v) is 4.71. The highest BCUT2D eigenvalue weighted by molar-refractivity contribution is 7.80. The van der Waals surface area contributed by atoms with Crippen molar-refractivity contribution < 1.29 is 14.0 Å². The molecular weight excluding hydrogens is 543 g/mol. The summed E-state index contributed by atoms with van der Waals surface area (Å²) in [6.45, 7) is 5.08. The van der Waals surface area contributed by atoms with Gasteiger partial charge in [-0.1, -0.05) is 36.2 Å². The average molecular weight is 572 g/mol. The number of benzene rings is 2. The van der Waals surface area contributed by atoms with E-state index in [0.29, 0.717) is 33.6 Å². The molecule has 0 unspecified atom stereocenters. The van der Waals surface area contributed by atoms with Crippen LogP contribution in [0, 0.1) is 0 Å². The Kier molecular flexibility index (Phi) is 9.44. The predicted octanol–water partition coefficient (Wildman–Crippen LogP) is 6.23. The van der Waals surface area contributed by atoms with Crippen molar-refractivity contribution in [3.8, 4) is 11.3 Å². The van der Waals surface area contributed by atoms with E-state index in [0.717, 1.165) is 44.0 Å². The van der Waals surface area contributed by atoms with Gasteiger partial charge < -0.3 is 19.5 Å². The van der Waals surface area contributed by atoms with E-state index in [1.807, 2.05) is 36.1 Å². The van der Waals surface area contributed by atoms with Crippen molar-refractivity contribution in [1.29, 1.82) is 0 Å². The van der Waals surface area contributed by atoms with E-state index >= 15 is 0 Å². The Balaban J connectivity index is 1.25. The molecule has 1 aromatic heterocycles. The summed E-state index contributed by atoms with van der Waals surface area (Å²) in [5.41, 5.74) is 2.51. The first-order valence-electron chi connectivity index (χ1n) is 12.3. The van der Waals surface area contributed by atoms with Crippen molar-refractivity contribution in [2.24, 2.45) is 0 Å². The third kappa shape index (κ3) is 7.16. The molecule has 1 fully saturated rings. The second-order valence-electron chi connectivity index (χ2n) is 8.74.